The van der Waals surface area contributed by atoms with Crippen molar-refractivity contribution in [3.05, 3.63) is 65.9 Å². The van der Waals surface area contributed by atoms with Crippen LogP contribution < -0.4 is 5.32 Å². The van der Waals surface area contributed by atoms with Crippen LogP contribution in [0.3, 0.4) is 0 Å². The Labute approximate surface area is 120 Å². The van der Waals surface area contributed by atoms with E-state index in [-0.39, 0.29) is 11.7 Å². The van der Waals surface area contributed by atoms with Crippen molar-refractivity contribution in [3.8, 4) is 0 Å². The Morgan fingerprint density at radius 1 is 1.14 bits per heavy atom. The molecule has 3 rings (SSSR count). The molecular formula is C16H12FN3O. The SMILES string of the molecule is Cc1cc(C(=O)Nc2ccncc2)c2ccc(F)cc2n1. The molecule has 1 aromatic carbocycles. The standard InChI is InChI=1S/C16H12FN3O/c1-10-8-14(13-3-2-11(17)9-15(13)19-10)16(21)20-12-4-6-18-7-5-12/h2-9H,1H3,(H,18,20,21). The van der Waals surface area contributed by atoms with Gasteiger partial charge in [-0.3, -0.25) is 14.8 Å². The molecule has 0 aliphatic heterocycles. The zero-order valence-electron chi connectivity index (χ0n) is 11.3. The zero-order chi connectivity index (χ0) is 14.8. The molecule has 4 nitrogen and oxygen atoms in total. The van der Waals surface area contributed by atoms with Crippen molar-refractivity contribution in [1.29, 1.82) is 0 Å². The number of amides is 1. The van der Waals surface area contributed by atoms with Crippen LogP contribution in [0.1, 0.15) is 16.1 Å². The smallest absolute Gasteiger partial charge is 0.256 e. The summed E-state index contributed by atoms with van der Waals surface area (Å²) in [6.45, 7) is 1.77. The Bertz CT molecular complexity index is 813. The van der Waals surface area contributed by atoms with Gasteiger partial charge in [-0.1, -0.05) is 0 Å². The molecule has 0 aliphatic rings. The van der Waals surface area contributed by atoms with E-state index in [0.717, 1.165) is 0 Å². The van der Waals surface area contributed by atoms with Crippen LogP contribution in [0.2, 0.25) is 0 Å². The van der Waals surface area contributed by atoms with E-state index in [1.54, 1.807) is 43.6 Å². The maximum Gasteiger partial charge on any atom is 0.256 e. The minimum absolute atomic E-state index is 0.261. The topological polar surface area (TPSA) is 54.9 Å². The number of pyridine rings is 2. The van der Waals surface area contributed by atoms with Gasteiger partial charge in [0.25, 0.3) is 5.91 Å². The number of rotatable bonds is 2. The van der Waals surface area contributed by atoms with Crippen molar-refractivity contribution in [3.63, 3.8) is 0 Å². The van der Waals surface area contributed by atoms with Gasteiger partial charge in [0, 0.05) is 35.2 Å². The fourth-order valence-electron chi connectivity index (χ4n) is 2.16. The lowest BCUT2D eigenvalue weighted by atomic mass is 10.1. The first-order valence-corrected chi connectivity index (χ1v) is 6.42. The Morgan fingerprint density at radius 3 is 2.67 bits per heavy atom. The first-order chi connectivity index (χ1) is 10.1. The Hall–Kier alpha value is -2.82. The van der Waals surface area contributed by atoms with Gasteiger partial charge >= 0.3 is 0 Å². The molecule has 0 fully saturated rings. The van der Waals surface area contributed by atoms with Gasteiger partial charge in [-0.15, -0.1) is 0 Å². The molecule has 104 valence electrons. The first-order valence-electron chi connectivity index (χ1n) is 6.42. The molecule has 1 N–H and O–H groups in total. The number of nitrogens with one attached hydrogen (secondary N) is 1. The molecule has 0 saturated carbocycles. The maximum absolute atomic E-state index is 13.3. The van der Waals surface area contributed by atoms with Crippen LogP contribution in [0, 0.1) is 12.7 Å². The normalized spacial score (nSPS) is 10.6. The summed E-state index contributed by atoms with van der Waals surface area (Å²) in [4.78, 5) is 20.6. The van der Waals surface area contributed by atoms with Crippen molar-refractivity contribution in [2.75, 3.05) is 5.32 Å². The summed E-state index contributed by atoms with van der Waals surface area (Å²) < 4.78 is 13.3. The van der Waals surface area contributed by atoms with Gasteiger partial charge in [0.2, 0.25) is 0 Å². The predicted molar refractivity (Wildman–Crippen MR) is 78.6 cm³/mol. The highest BCUT2D eigenvalue weighted by Gasteiger charge is 2.12. The second kappa shape index (κ2) is 5.28. The summed E-state index contributed by atoms with van der Waals surface area (Å²) >= 11 is 0. The van der Waals surface area contributed by atoms with E-state index in [2.05, 4.69) is 15.3 Å². The number of nitrogens with zero attached hydrogens (tertiary/aromatic N) is 2. The minimum Gasteiger partial charge on any atom is -0.322 e. The van der Waals surface area contributed by atoms with Crippen LogP contribution in [-0.2, 0) is 0 Å². The van der Waals surface area contributed by atoms with Crippen molar-refractivity contribution in [2.24, 2.45) is 0 Å². The van der Waals surface area contributed by atoms with Crippen LogP contribution in [0.4, 0.5) is 10.1 Å². The number of hydrogen-bond donors (Lipinski definition) is 1. The quantitative estimate of drug-likeness (QED) is 0.784. The maximum atomic E-state index is 13.3. The molecule has 0 aliphatic carbocycles. The number of benzene rings is 1. The van der Waals surface area contributed by atoms with Crippen LogP contribution in [0.5, 0.6) is 0 Å². The lowest BCUT2D eigenvalue weighted by Crippen LogP contribution is -2.13. The summed E-state index contributed by atoms with van der Waals surface area (Å²) in [5, 5.41) is 3.41. The summed E-state index contributed by atoms with van der Waals surface area (Å²) in [6.07, 6.45) is 3.20. The van der Waals surface area contributed by atoms with E-state index in [4.69, 9.17) is 0 Å². The molecule has 0 saturated heterocycles. The van der Waals surface area contributed by atoms with Crippen LogP contribution >= 0.6 is 0 Å². The van der Waals surface area contributed by atoms with Gasteiger partial charge in [0.15, 0.2) is 0 Å². The van der Waals surface area contributed by atoms with Crippen molar-refractivity contribution < 1.29 is 9.18 Å². The van der Waals surface area contributed by atoms with Crippen LogP contribution in [0.25, 0.3) is 10.9 Å². The number of aromatic nitrogens is 2. The summed E-state index contributed by atoms with van der Waals surface area (Å²) in [7, 11) is 0. The number of fused-ring (bicyclic) bond motifs is 1. The Morgan fingerprint density at radius 2 is 1.90 bits per heavy atom. The molecule has 0 spiro atoms. The highest BCUT2D eigenvalue weighted by atomic mass is 19.1. The van der Waals surface area contributed by atoms with E-state index in [1.807, 2.05) is 0 Å². The van der Waals surface area contributed by atoms with Gasteiger partial charge in [-0.05, 0) is 37.3 Å². The molecule has 5 heteroatoms. The molecule has 0 unspecified atom stereocenters. The zero-order valence-corrected chi connectivity index (χ0v) is 11.3. The highest BCUT2D eigenvalue weighted by Crippen LogP contribution is 2.20. The van der Waals surface area contributed by atoms with E-state index < -0.39 is 0 Å². The highest BCUT2D eigenvalue weighted by molar-refractivity contribution is 6.12. The molecule has 0 radical (unpaired) electrons. The van der Waals surface area contributed by atoms with E-state index >= 15 is 0 Å². The lowest BCUT2D eigenvalue weighted by molar-refractivity contribution is 0.102. The van der Waals surface area contributed by atoms with Crippen molar-refractivity contribution >= 4 is 22.5 Å². The van der Waals surface area contributed by atoms with Crippen molar-refractivity contribution in [2.45, 2.75) is 6.92 Å². The predicted octanol–water partition coefficient (Wildman–Crippen LogP) is 3.33. The molecule has 21 heavy (non-hydrogen) atoms. The minimum atomic E-state index is -0.374. The third-order valence-corrected chi connectivity index (χ3v) is 3.08. The number of anilines is 1. The molecule has 3 aromatic rings. The summed E-state index contributed by atoms with van der Waals surface area (Å²) in [6, 6.07) is 9.31. The molecule has 2 aromatic heterocycles. The number of hydrogen-bond acceptors (Lipinski definition) is 3. The lowest BCUT2D eigenvalue weighted by Gasteiger charge is -2.09. The first kappa shape index (κ1) is 13.2. The molecule has 0 atom stereocenters. The van der Waals surface area contributed by atoms with E-state index in [1.165, 1.54) is 12.1 Å². The number of carbonyl (C=O) groups is 1. The second-order valence-corrected chi connectivity index (χ2v) is 4.66. The Balaban J connectivity index is 2.05. The average Bonchev–Trinajstić information content (AvgIpc) is 2.47. The number of aryl methyl sites for hydroxylation is 1. The third kappa shape index (κ3) is 2.72. The monoisotopic (exact) mass is 281 g/mol. The second-order valence-electron chi connectivity index (χ2n) is 4.66. The van der Waals surface area contributed by atoms with Crippen LogP contribution in [-0.4, -0.2) is 15.9 Å². The number of carbonyl (C=O) groups excluding carboxylic acids is 1. The van der Waals surface area contributed by atoms with Gasteiger partial charge in [0.05, 0.1) is 11.1 Å². The fraction of sp³-hybridized carbons (Fsp3) is 0.0625. The summed E-state index contributed by atoms with van der Waals surface area (Å²) in [5.74, 6) is -0.635. The third-order valence-electron chi connectivity index (χ3n) is 3.08. The average molecular weight is 281 g/mol. The van der Waals surface area contributed by atoms with Gasteiger partial charge in [0.1, 0.15) is 5.82 Å². The molecule has 1 amide bonds. The van der Waals surface area contributed by atoms with Gasteiger partial charge < -0.3 is 5.32 Å². The van der Waals surface area contributed by atoms with E-state index in [0.29, 0.717) is 27.8 Å². The summed E-state index contributed by atoms with van der Waals surface area (Å²) in [5.41, 5.74) is 2.25. The Kier molecular flexibility index (Phi) is 3.31. The molecule has 2 heterocycles. The largest absolute Gasteiger partial charge is 0.322 e. The van der Waals surface area contributed by atoms with Gasteiger partial charge in [-0.2, -0.15) is 0 Å². The molecular weight excluding hydrogens is 269 g/mol. The molecule has 0 bridgehead atoms. The van der Waals surface area contributed by atoms with E-state index in [9.17, 15) is 9.18 Å². The van der Waals surface area contributed by atoms with Crippen molar-refractivity contribution in [1.82, 2.24) is 9.97 Å². The van der Waals surface area contributed by atoms with Gasteiger partial charge in [-0.25, -0.2) is 4.39 Å². The number of halogens is 1. The van der Waals surface area contributed by atoms with Crippen LogP contribution in [0.15, 0.2) is 48.8 Å². The fourth-order valence-corrected chi connectivity index (χ4v) is 2.16.